The third-order valence-corrected chi connectivity index (χ3v) is 34.4. The summed E-state index contributed by atoms with van der Waals surface area (Å²) in [6, 6.07) is 7.13. The summed E-state index contributed by atoms with van der Waals surface area (Å²) in [5.41, 5.74) is -7.55. The number of likely N-dealkylation sites (tertiary alicyclic amines) is 2. The highest BCUT2D eigenvalue weighted by Crippen LogP contribution is 2.52. The number of alkyl halides is 7. The van der Waals surface area contributed by atoms with E-state index in [-0.39, 0.29) is 158 Å². The minimum Gasteiger partial charge on any atom is -0.419 e. The number of carbonyl (C=O) groups is 4. The second-order valence-electron chi connectivity index (χ2n) is 36.6. The normalized spacial score (nSPS) is 15.6. The van der Waals surface area contributed by atoms with E-state index in [9.17, 15) is 95.6 Å². The van der Waals surface area contributed by atoms with Crippen molar-refractivity contribution in [3.8, 4) is 85.2 Å². The summed E-state index contributed by atoms with van der Waals surface area (Å²) in [7, 11) is -12.1. The maximum atomic E-state index is 15.3. The second kappa shape index (κ2) is 45.7. The van der Waals surface area contributed by atoms with Gasteiger partial charge in [0.15, 0.2) is 43.1 Å². The van der Waals surface area contributed by atoms with Crippen LogP contribution >= 0.6 is 127 Å². The van der Waals surface area contributed by atoms with E-state index >= 15 is 4.39 Å². The number of hydrogen-bond acceptors (Lipinski definition) is 32. The van der Waals surface area contributed by atoms with Gasteiger partial charge in [-0.3, -0.25) is 24.3 Å². The highest BCUT2D eigenvalue weighted by Gasteiger charge is 2.54. The third-order valence-electron chi connectivity index (χ3n) is 21.8. The zero-order valence-corrected chi connectivity index (χ0v) is 93.3. The average Bonchev–Trinajstić information content (AvgIpc) is 1.71. The molecule has 2 aliphatic rings. The Balaban J connectivity index is 0.000000188. The first-order chi connectivity index (χ1) is 68.3. The Morgan fingerprint density at radius 3 is 1.27 bits per heavy atom. The topological polar surface area (TPSA) is 502 Å². The molecule has 8 aromatic heterocycles. The predicted octanol–water partition coefficient (Wildman–Crippen LogP) is 19.2. The number of aromatic nitrogens is 14. The van der Waals surface area contributed by atoms with Gasteiger partial charge in [0.05, 0.1) is 79.9 Å². The number of nitrogens with one attached hydrogen (secondary N) is 4. The van der Waals surface area contributed by atoms with Crippen molar-refractivity contribution in [3.05, 3.63) is 142 Å². The van der Waals surface area contributed by atoms with Crippen LogP contribution in [0.1, 0.15) is 210 Å². The van der Waals surface area contributed by atoms with E-state index in [1.165, 1.54) is 89.2 Å². The lowest BCUT2D eigenvalue weighted by Crippen LogP contribution is -2.39. The van der Waals surface area contributed by atoms with Crippen LogP contribution in [0.5, 0.6) is 0 Å². The first-order valence-electron chi connectivity index (χ1n) is 44.8. The first kappa shape index (κ1) is 119. The highest BCUT2D eigenvalue weighted by atomic mass is 35.5. The lowest BCUT2D eigenvalue weighted by molar-refractivity contribution is -0.258. The molecule has 0 radical (unpaired) electrons. The number of aromatic amines is 1. The summed E-state index contributed by atoms with van der Waals surface area (Å²) < 4.78 is 208. The summed E-state index contributed by atoms with van der Waals surface area (Å²) in [4.78, 5) is 80.3. The molecular weight excluding hydrogens is 2240 g/mol. The van der Waals surface area contributed by atoms with Crippen molar-refractivity contribution in [3.63, 3.8) is 0 Å². The summed E-state index contributed by atoms with van der Waals surface area (Å²) in [5, 5.41) is 69.6. The predicted molar refractivity (Wildman–Crippen MR) is 544 cm³/mol. The first-order valence-corrected chi connectivity index (χ1v) is 55.1. The number of hydrogen-bond donors (Lipinski definition) is 8. The van der Waals surface area contributed by atoms with Crippen LogP contribution in [0.25, 0.3) is 85.2 Å². The molecule has 2 fully saturated rings. The molecule has 0 bridgehead atoms. The van der Waals surface area contributed by atoms with Gasteiger partial charge in [-0.15, -0.1) is 75.9 Å². The van der Waals surface area contributed by atoms with Crippen molar-refractivity contribution in [1.29, 1.82) is 0 Å². The summed E-state index contributed by atoms with van der Waals surface area (Å²) >= 11 is 48.7. The zero-order valence-electron chi connectivity index (χ0n) is 82.3. The Labute approximate surface area is 895 Å². The van der Waals surface area contributed by atoms with E-state index in [2.05, 4.69) is 79.9 Å². The molecule has 1 unspecified atom stereocenters. The van der Waals surface area contributed by atoms with Crippen LogP contribution < -0.4 is 14.2 Å². The van der Waals surface area contributed by atoms with Crippen LogP contribution in [0.15, 0.2) is 78.4 Å². The SMILES string of the molecule is CC(C)NS(=O)(=O)c1ccc(-c2sc(-c3n[nH]c(C(C)(C)O)n3)nc2C(=O)N2CC(F)(F)C[C@@H]2C)c(Cl)c1Cl.CC(C)NS(=O)(=O)c1ccc(-c2sc(-c3nnc(C(C)(C)O)o3)nc2C(=O)N2CC(F)(F)C[C@@H]2C)c(Cl)c1F.CCN(CC)C(=O)c1nc(-c2nnc(C)o2)sc1-c1ccc(S(=O)(=O)NC(C)C)c(Cl)c1Cl.CCN(CC)C(=O)c1nc(-c2nncn2CC(C)(C)O)sc1-c1ccc(C(C)(O)C(F)(F)F)c(Cl)c1Cl. The Morgan fingerprint density at radius 1 is 0.507 bits per heavy atom. The van der Waals surface area contributed by atoms with E-state index in [0.29, 0.717) is 54.4 Å². The number of amides is 4. The van der Waals surface area contributed by atoms with Crippen LogP contribution in [0.2, 0.25) is 35.2 Å². The average molecular weight is 2340 g/mol. The molecule has 0 saturated carbocycles. The smallest absolute Gasteiger partial charge is 0.419 e. The quantitative estimate of drug-likeness (QED) is 0.0194. The molecule has 3 atom stereocenters. The van der Waals surface area contributed by atoms with Crippen molar-refractivity contribution in [2.45, 2.75) is 243 Å². The number of aliphatic hydroxyl groups is 4. The van der Waals surface area contributed by atoms with Crippen molar-refractivity contribution in [1.82, 2.24) is 104 Å². The van der Waals surface area contributed by atoms with Gasteiger partial charge in [0.25, 0.3) is 47.3 Å². The fourth-order valence-corrected chi connectivity index (χ4v) is 25.6. The Morgan fingerprint density at radius 2 is 0.885 bits per heavy atom. The molecule has 804 valence electrons. The van der Waals surface area contributed by atoms with E-state index in [0.717, 1.165) is 67.3 Å². The largest absolute Gasteiger partial charge is 0.421 e. The number of thiazole rings is 4. The molecule has 2 aliphatic heterocycles. The minimum absolute atomic E-state index is 0.00574. The second-order valence-corrected chi connectivity index (χ2v) is 48.3. The van der Waals surface area contributed by atoms with Gasteiger partial charge in [-0.25, -0.2) is 86.3 Å². The van der Waals surface area contributed by atoms with Crippen LogP contribution in [0.3, 0.4) is 0 Å². The lowest BCUT2D eigenvalue weighted by atomic mass is 9.94. The van der Waals surface area contributed by atoms with Crippen LogP contribution in [-0.2, 0) is 53.4 Å². The van der Waals surface area contributed by atoms with Crippen molar-refractivity contribution in [2.75, 3.05) is 39.3 Å². The van der Waals surface area contributed by atoms with Crippen molar-refractivity contribution in [2.24, 2.45) is 0 Å². The van der Waals surface area contributed by atoms with E-state index in [4.69, 9.17) is 90.0 Å². The van der Waals surface area contributed by atoms with Crippen LogP contribution in [0.4, 0.5) is 35.1 Å². The molecule has 8 N–H and O–H groups in total. The van der Waals surface area contributed by atoms with E-state index in [1.807, 2.05) is 13.8 Å². The Bertz CT molecular complexity index is 7130. The molecule has 14 rings (SSSR count). The molecule has 2 saturated heterocycles. The number of aryl methyl sites for hydroxylation is 1. The van der Waals surface area contributed by atoms with Gasteiger partial charge in [-0.2, -0.15) is 18.3 Å². The van der Waals surface area contributed by atoms with Gasteiger partial charge >= 0.3 is 6.18 Å². The Hall–Kier alpha value is -9.12. The number of carbonyl (C=O) groups excluding carboxylic acids is 4. The molecule has 10 heterocycles. The molecule has 12 aromatic rings. The standard InChI is InChI=1S/C23H26Cl2F3N5O3S.C23H26Cl2F2N6O4S2.C23H25ClF3N5O5S2.C20H23Cl2N5O4S2/c1-6-32(7-2)20(34)16-17(37-19(30-16)18-31-29-11-33(18)10-21(3,4)35)12-8-9-13(15(25)14(12)24)22(5,36)23(26,27)28;1-10(2)32-39(36,37)13-7-6-12(14(24)15(13)25)17-16(20(34)33-9-23(26,27)8-11(33)3)28-19(38-17)18-29-21(31-30-18)22(4,5)35;1-10(2)31-39(35,36)13-7-6-12(14(24)15(13)25)17-16(20(33)32-9-23(26,27)8-11(32)3)28-19(38-17)18-29-30-21(37-18)22(4,5)34;1-6-27(7-2)20(28)16-17(32-19(23-16)18-25-24-11(5)31-18)12-8-9-13(15(22)14(12)21)33(29,30)26-10(3)4/h8-9,11,35-36H,6-7,10H2,1-5H3;6-7,10-11,32,35H,8-9H2,1-5H3,(H,29,30,31);6-7,10-11,31,34H,8-9H2,1-5H3;8-10,26H,6-7H2,1-5H3/t;2*11-;/m.00./s1. The van der Waals surface area contributed by atoms with Gasteiger partial charge in [-0.1, -0.05) is 112 Å². The van der Waals surface area contributed by atoms with Crippen molar-refractivity contribution < 1.29 is 109 Å². The van der Waals surface area contributed by atoms with E-state index < -0.39 is 165 Å². The molecule has 59 heteroatoms. The lowest BCUT2D eigenvalue weighted by Gasteiger charge is -2.28. The highest BCUT2D eigenvalue weighted by molar-refractivity contribution is 7.90. The fraction of sp³-hybridized carbons (Fsp3) is 0.461. The van der Waals surface area contributed by atoms with Gasteiger partial charge in [0.2, 0.25) is 47.7 Å². The maximum Gasteiger partial charge on any atom is 0.421 e. The van der Waals surface area contributed by atoms with Crippen LogP contribution in [-0.4, -0.2) is 252 Å². The number of halogens is 15. The maximum absolute atomic E-state index is 15.3. The number of rotatable bonds is 30. The molecular formula is C89H100Cl7F8N21O16S7. The number of benzene rings is 4. The molecule has 4 aromatic carbocycles. The molecule has 148 heavy (non-hydrogen) atoms. The molecule has 0 spiro atoms. The third kappa shape index (κ3) is 26.5. The number of nitrogens with zero attached hydrogens (tertiary/aromatic N) is 17. The fourth-order valence-electron chi connectivity index (χ4n) is 14.8. The molecule has 37 nitrogen and oxygen atoms in total. The summed E-state index contributed by atoms with van der Waals surface area (Å²) in [6.45, 7) is 31.6. The monoisotopic (exact) mass is 2340 g/mol. The molecule has 0 aliphatic carbocycles. The van der Waals surface area contributed by atoms with Crippen LogP contribution in [0, 0.1) is 12.7 Å². The van der Waals surface area contributed by atoms with Gasteiger partial charge < -0.3 is 53.4 Å². The summed E-state index contributed by atoms with van der Waals surface area (Å²) in [6.07, 6.45) is -4.64. The Kier molecular flexibility index (Phi) is 36.7. The van der Waals surface area contributed by atoms with Gasteiger partial charge in [0.1, 0.15) is 55.0 Å². The van der Waals surface area contributed by atoms with E-state index in [1.54, 1.807) is 85.6 Å². The summed E-state index contributed by atoms with van der Waals surface area (Å²) in [5.74, 6) is -9.12. The number of H-pyrrole nitrogens is 1. The molecule has 4 amide bonds. The van der Waals surface area contributed by atoms with Gasteiger partial charge in [0, 0.05) is 104 Å². The zero-order chi connectivity index (χ0) is 111. The van der Waals surface area contributed by atoms with Gasteiger partial charge in [-0.05, 0) is 150 Å². The minimum atomic E-state index is -5.01. The number of sulfonamides is 3. The van der Waals surface area contributed by atoms with Crippen molar-refractivity contribution >= 4 is 180 Å².